The lowest BCUT2D eigenvalue weighted by Crippen LogP contribution is -2.46. The Kier molecular flexibility index (Phi) is 4.43. The summed E-state index contributed by atoms with van der Waals surface area (Å²) in [4.78, 5) is 0. The number of hydrogen-bond acceptors (Lipinski definition) is 1. The maximum atomic E-state index is 10.2. The summed E-state index contributed by atoms with van der Waals surface area (Å²) in [6.45, 7) is 7.77. The first-order chi connectivity index (χ1) is 12.9. The van der Waals surface area contributed by atoms with E-state index in [1.165, 1.54) is 57.8 Å². The van der Waals surface area contributed by atoms with Crippen LogP contribution in [0.25, 0.3) is 0 Å². The van der Waals surface area contributed by atoms with Gasteiger partial charge in [0.15, 0.2) is 0 Å². The van der Waals surface area contributed by atoms with E-state index in [1.807, 2.05) is 5.57 Å². The molecule has 7 atom stereocenters. The molecule has 4 saturated carbocycles. The van der Waals surface area contributed by atoms with E-state index in [0.29, 0.717) is 10.8 Å². The van der Waals surface area contributed by atoms with Crippen LogP contribution in [0.2, 0.25) is 0 Å². The zero-order chi connectivity index (χ0) is 18.8. The first-order valence-electron chi connectivity index (χ1n) is 12.0. The zero-order valence-electron chi connectivity index (χ0n) is 17.8. The van der Waals surface area contributed by atoms with Crippen LogP contribution in [0.15, 0.2) is 23.3 Å². The highest BCUT2D eigenvalue weighted by Gasteiger charge is 2.57. The molecule has 1 heteroatoms. The van der Waals surface area contributed by atoms with Crippen LogP contribution in [-0.4, -0.2) is 11.2 Å². The number of aliphatic hydroxyl groups is 1. The van der Waals surface area contributed by atoms with Gasteiger partial charge in [-0.2, -0.15) is 0 Å². The topological polar surface area (TPSA) is 20.2 Å². The molecule has 4 fully saturated rings. The Balaban J connectivity index is 1.40. The van der Waals surface area contributed by atoms with Crippen LogP contribution in [0.4, 0.5) is 0 Å². The van der Waals surface area contributed by atoms with E-state index in [4.69, 9.17) is 0 Å². The van der Waals surface area contributed by atoms with Crippen molar-refractivity contribution in [3.05, 3.63) is 23.3 Å². The van der Waals surface area contributed by atoms with Crippen molar-refractivity contribution in [1.29, 1.82) is 0 Å². The Bertz CT molecular complexity index is 655. The summed E-state index contributed by atoms with van der Waals surface area (Å²) in [5.74, 6) is 4.48. The van der Waals surface area contributed by atoms with E-state index in [2.05, 4.69) is 32.9 Å². The van der Waals surface area contributed by atoms with Crippen LogP contribution in [0, 0.1) is 40.4 Å². The fourth-order valence-electron chi connectivity index (χ4n) is 8.38. The SMILES string of the molecule is C[C@H](CC1CCC1)[C@H]1CC[C@H]2C3=CC=C4C[C@@H](O)CC[C@]4(C)[C@H]3CC[C@]12C. The van der Waals surface area contributed by atoms with Crippen molar-refractivity contribution in [3.63, 3.8) is 0 Å². The summed E-state index contributed by atoms with van der Waals surface area (Å²) in [6, 6.07) is 0. The van der Waals surface area contributed by atoms with Gasteiger partial charge in [0, 0.05) is 0 Å². The summed E-state index contributed by atoms with van der Waals surface area (Å²) < 4.78 is 0. The second-order valence-electron chi connectivity index (χ2n) is 11.5. The molecular weight excluding hydrogens is 328 g/mol. The predicted octanol–water partition coefficient (Wildman–Crippen LogP) is 6.67. The molecule has 0 unspecified atom stereocenters. The third-order valence-electron chi connectivity index (χ3n) is 10.2. The average Bonchev–Trinajstić information content (AvgIpc) is 2.96. The first kappa shape index (κ1) is 18.5. The summed E-state index contributed by atoms with van der Waals surface area (Å²) in [5.41, 5.74) is 4.23. The van der Waals surface area contributed by atoms with E-state index in [-0.39, 0.29) is 6.10 Å². The zero-order valence-corrected chi connectivity index (χ0v) is 17.8. The lowest BCUT2D eigenvalue weighted by Gasteiger charge is -2.55. The van der Waals surface area contributed by atoms with Crippen LogP contribution in [0.1, 0.15) is 91.4 Å². The molecule has 27 heavy (non-hydrogen) atoms. The molecule has 5 rings (SSSR count). The van der Waals surface area contributed by atoms with Gasteiger partial charge in [-0.15, -0.1) is 0 Å². The highest BCUT2D eigenvalue weighted by Crippen LogP contribution is 2.66. The number of fused-ring (bicyclic) bond motifs is 5. The third kappa shape index (κ3) is 2.74. The molecule has 5 aliphatic carbocycles. The van der Waals surface area contributed by atoms with E-state index >= 15 is 0 Å². The van der Waals surface area contributed by atoms with Gasteiger partial charge in [-0.25, -0.2) is 0 Å². The first-order valence-corrected chi connectivity index (χ1v) is 12.0. The summed E-state index contributed by atoms with van der Waals surface area (Å²) >= 11 is 0. The highest BCUT2D eigenvalue weighted by atomic mass is 16.3. The molecule has 0 aromatic rings. The molecule has 0 aliphatic heterocycles. The second-order valence-corrected chi connectivity index (χ2v) is 11.5. The average molecular weight is 369 g/mol. The van der Waals surface area contributed by atoms with E-state index in [9.17, 15) is 5.11 Å². The van der Waals surface area contributed by atoms with Gasteiger partial charge in [0.25, 0.3) is 0 Å². The minimum atomic E-state index is -0.101. The lowest BCUT2D eigenvalue weighted by molar-refractivity contribution is 0.0283. The van der Waals surface area contributed by atoms with E-state index in [1.54, 1.807) is 5.57 Å². The summed E-state index contributed by atoms with van der Waals surface area (Å²) in [5, 5.41) is 10.2. The van der Waals surface area contributed by atoms with Gasteiger partial charge in [-0.05, 0) is 91.8 Å². The monoisotopic (exact) mass is 368 g/mol. The van der Waals surface area contributed by atoms with Gasteiger partial charge < -0.3 is 5.11 Å². The summed E-state index contributed by atoms with van der Waals surface area (Å²) in [6.07, 6.45) is 19.7. The van der Waals surface area contributed by atoms with Gasteiger partial charge in [0.2, 0.25) is 0 Å². The molecule has 0 saturated heterocycles. The van der Waals surface area contributed by atoms with Crippen LogP contribution in [0.5, 0.6) is 0 Å². The fourth-order valence-corrected chi connectivity index (χ4v) is 8.38. The Hall–Kier alpha value is -0.560. The van der Waals surface area contributed by atoms with Crippen molar-refractivity contribution in [2.24, 2.45) is 40.4 Å². The molecule has 0 spiro atoms. The van der Waals surface area contributed by atoms with Crippen LogP contribution >= 0.6 is 0 Å². The molecular formula is C26H40O. The number of rotatable bonds is 3. The maximum absolute atomic E-state index is 10.2. The van der Waals surface area contributed by atoms with Gasteiger partial charge in [-0.3, -0.25) is 0 Å². The van der Waals surface area contributed by atoms with Crippen molar-refractivity contribution < 1.29 is 5.11 Å². The van der Waals surface area contributed by atoms with Gasteiger partial charge in [-0.1, -0.05) is 63.3 Å². The van der Waals surface area contributed by atoms with E-state index in [0.717, 1.165) is 42.4 Å². The highest BCUT2D eigenvalue weighted by molar-refractivity contribution is 5.38. The molecule has 1 nitrogen and oxygen atoms in total. The van der Waals surface area contributed by atoms with Crippen molar-refractivity contribution >= 4 is 0 Å². The normalized spacial score (nSPS) is 47.9. The van der Waals surface area contributed by atoms with Crippen molar-refractivity contribution in [2.45, 2.75) is 97.5 Å². The number of aliphatic hydroxyl groups excluding tert-OH is 1. The number of allylic oxidation sites excluding steroid dienone is 3. The van der Waals surface area contributed by atoms with Gasteiger partial charge in [0.05, 0.1) is 6.10 Å². The standard InChI is InChI=1S/C26H40O/c1-17(15-18-5-4-6-18)22-9-10-23-21-8-7-19-16-20(27)11-13-25(19,2)24(21)12-14-26(22,23)3/h7-8,17-18,20,22-24,27H,4-6,9-16H2,1-3H3/t17-,20+,22-,23+,24+,25+,26-/m1/s1. The Morgan fingerprint density at radius 3 is 2.56 bits per heavy atom. The molecule has 0 radical (unpaired) electrons. The molecule has 1 N–H and O–H groups in total. The Labute approximate surface area is 166 Å². The minimum Gasteiger partial charge on any atom is -0.393 e. The van der Waals surface area contributed by atoms with Crippen molar-refractivity contribution in [2.75, 3.05) is 0 Å². The second kappa shape index (κ2) is 6.48. The molecule has 150 valence electrons. The molecule has 5 aliphatic rings. The van der Waals surface area contributed by atoms with Crippen LogP contribution in [0.3, 0.4) is 0 Å². The van der Waals surface area contributed by atoms with Gasteiger partial charge in [0.1, 0.15) is 0 Å². The van der Waals surface area contributed by atoms with Crippen molar-refractivity contribution in [1.82, 2.24) is 0 Å². The molecule has 0 aromatic heterocycles. The molecule has 0 aromatic carbocycles. The Morgan fingerprint density at radius 1 is 1.00 bits per heavy atom. The Morgan fingerprint density at radius 2 is 1.81 bits per heavy atom. The molecule has 0 amide bonds. The van der Waals surface area contributed by atoms with Crippen LogP contribution in [-0.2, 0) is 0 Å². The largest absolute Gasteiger partial charge is 0.393 e. The smallest absolute Gasteiger partial charge is 0.0578 e. The van der Waals surface area contributed by atoms with Crippen molar-refractivity contribution in [3.8, 4) is 0 Å². The molecule has 0 bridgehead atoms. The maximum Gasteiger partial charge on any atom is 0.0578 e. The fraction of sp³-hybridized carbons (Fsp3) is 0.846. The van der Waals surface area contributed by atoms with Crippen LogP contribution < -0.4 is 0 Å². The predicted molar refractivity (Wildman–Crippen MR) is 112 cm³/mol. The summed E-state index contributed by atoms with van der Waals surface area (Å²) in [7, 11) is 0. The quantitative estimate of drug-likeness (QED) is 0.589. The third-order valence-corrected chi connectivity index (χ3v) is 10.2. The number of hydrogen-bond donors (Lipinski definition) is 1. The van der Waals surface area contributed by atoms with Gasteiger partial charge >= 0.3 is 0 Å². The van der Waals surface area contributed by atoms with E-state index < -0.39 is 0 Å². The lowest BCUT2D eigenvalue weighted by atomic mass is 9.50. The minimum absolute atomic E-state index is 0.101. The molecule has 0 heterocycles.